The van der Waals surface area contributed by atoms with Crippen LogP contribution in [0.2, 0.25) is 0 Å². The quantitative estimate of drug-likeness (QED) is 0.113. The first-order chi connectivity index (χ1) is 21.0. The highest BCUT2D eigenvalue weighted by Gasteiger charge is 2.76. The van der Waals surface area contributed by atoms with Crippen molar-refractivity contribution in [3.63, 3.8) is 0 Å². The van der Waals surface area contributed by atoms with Gasteiger partial charge in [-0.3, -0.25) is 9.59 Å². The Labute approximate surface area is 262 Å². The molecule has 0 spiro atoms. The van der Waals surface area contributed by atoms with E-state index in [1.165, 1.54) is 0 Å². The zero-order valence-electron chi connectivity index (χ0n) is 28.3. The minimum atomic E-state index is -2.49. The summed E-state index contributed by atoms with van der Waals surface area (Å²) in [5, 5.41) is 20.6. The third-order valence-electron chi connectivity index (χ3n) is 6.00. The fraction of sp³-hybridized carbons (Fsp3) is 0.931. The Hall–Kier alpha value is -1.50. The molecule has 0 fully saturated rings. The normalized spacial score (nSPS) is 13.9. The molecule has 0 radical (unpaired) electrons. The molecular formula is C29H57NO14. The van der Waals surface area contributed by atoms with Gasteiger partial charge in [-0.05, 0) is 75.7 Å². The summed E-state index contributed by atoms with van der Waals surface area (Å²) in [6.45, 7) is 16.2. The van der Waals surface area contributed by atoms with Gasteiger partial charge in [0.05, 0.1) is 0 Å². The number of nitrogens with zero attached hydrogens (tertiary/aromatic N) is 1. The molecule has 0 heterocycles. The number of carboxylic acids is 2. The summed E-state index contributed by atoms with van der Waals surface area (Å²) in [6.07, 6.45) is -1.07. The van der Waals surface area contributed by atoms with Crippen LogP contribution in [0.1, 0.15) is 82.1 Å². The molecule has 1 atom stereocenters. The van der Waals surface area contributed by atoms with E-state index >= 15 is 0 Å². The highest BCUT2D eigenvalue weighted by molar-refractivity contribution is 5.75. The molecular weight excluding hydrogens is 586 g/mol. The topological polar surface area (TPSA) is 170 Å². The van der Waals surface area contributed by atoms with Crippen LogP contribution in [0, 0.1) is 0 Å². The Morgan fingerprint density at radius 2 is 0.750 bits per heavy atom. The maximum Gasteiger partial charge on any atom is 0.357 e. The Balaban J connectivity index is 8.85. The molecule has 0 bridgehead atoms. The zero-order valence-corrected chi connectivity index (χ0v) is 28.3. The second kappa shape index (κ2) is 21.3. The Bertz CT molecular complexity index is 706. The standard InChI is InChI=1S/C29H57NO14/c1-11-35-26(36-12-2,28(39-15-5,40-16-6)41-17-7)30(23(25(33)34)21-22-24(31)32)27(37-13-3,38-14-4)29(42-18-8,43-19-9)44-20-10/h23H,11-22H2,1-10H3,(H,31,32)(H,33,34)/t23-/m0/s1. The van der Waals surface area contributed by atoms with Crippen LogP contribution in [0.15, 0.2) is 0 Å². The van der Waals surface area contributed by atoms with E-state index < -0.39 is 54.6 Å². The first-order valence-electron chi connectivity index (χ1n) is 15.6. The molecule has 0 aliphatic rings. The van der Waals surface area contributed by atoms with Gasteiger partial charge in [0, 0.05) is 72.5 Å². The lowest BCUT2D eigenvalue weighted by atomic mass is 10.0. The molecule has 0 aliphatic carbocycles. The number of hydrogen-bond donors (Lipinski definition) is 2. The van der Waals surface area contributed by atoms with Crippen molar-refractivity contribution in [3.8, 4) is 0 Å². The lowest BCUT2D eigenvalue weighted by Crippen LogP contribution is -2.83. The van der Waals surface area contributed by atoms with Crippen molar-refractivity contribution < 1.29 is 67.2 Å². The zero-order chi connectivity index (χ0) is 33.9. The molecule has 0 aromatic rings. The second-order valence-electron chi connectivity index (χ2n) is 8.76. The fourth-order valence-corrected chi connectivity index (χ4v) is 4.96. The van der Waals surface area contributed by atoms with Gasteiger partial charge < -0.3 is 57.6 Å². The second-order valence-corrected chi connectivity index (χ2v) is 8.76. The van der Waals surface area contributed by atoms with E-state index in [-0.39, 0.29) is 66.1 Å². The molecule has 15 nitrogen and oxygen atoms in total. The van der Waals surface area contributed by atoms with Crippen molar-refractivity contribution in [1.29, 1.82) is 0 Å². The van der Waals surface area contributed by atoms with Crippen LogP contribution in [0.4, 0.5) is 0 Å². The molecule has 0 amide bonds. The molecule has 0 aliphatic heterocycles. The van der Waals surface area contributed by atoms with Crippen LogP contribution in [0.5, 0.6) is 0 Å². The van der Waals surface area contributed by atoms with Crippen LogP contribution in [-0.2, 0) is 57.0 Å². The van der Waals surface area contributed by atoms with Crippen molar-refractivity contribution in [2.75, 3.05) is 66.1 Å². The summed E-state index contributed by atoms with van der Waals surface area (Å²) in [7, 11) is 0. The van der Waals surface area contributed by atoms with E-state index in [0.29, 0.717) is 0 Å². The lowest BCUT2D eigenvalue weighted by Gasteiger charge is -2.60. The SMILES string of the molecule is CCOC(OCC)(OCC)C(OCC)(OCC)N([C@@H](CCC(=O)O)C(=O)O)C(OCC)(OCC)C(OCC)(OCC)OCC. The van der Waals surface area contributed by atoms with Crippen LogP contribution in [0.3, 0.4) is 0 Å². The summed E-state index contributed by atoms with van der Waals surface area (Å²) in [4.78, 5) is 26.3. The predicted molar refractivity (Wildman–Crippen MR) is 157 cm³/mol. The van der Waals surface area contributed by atoms with Crippen LogP contribution in [-0.4, -0.2) is 123 Å². The fourth-order valence-electron chi connectivity index (χ4n) is 4.96. The van der Waals surface area contributed by atoms with Crippen LogP contribution in [0.25, 0.3) is 0 Å². The van der Waals surface area contributed by atoms with E-state index in [2.05, 4.69) is 0 Å². The predicted octanol–water partition coefficient (Wildman–Crippen LogP) is 3.59. The molecule has 0 unspecified atom stereocenters. The molecule has 0 aromatic carbocycles. The maximum absolute atomic E-state index is 13.4. The summed E-state index contributed by atoms with van der Waals surface area (Å²) in [6, 6.07) is -1.80. The largest absolute Gasteiger partial charge is 0.481 e. The Morgan fingerprint density at radius 1 is 0.500 bits per heavy atom. The highest BCUT2D eigenvalue weighted by Crippen LogP contribution is 2.49. The number of ether oxygens (including phenoxy) is 10. The van der Waals surface area contributed by atoms with Gasteiger partial charge in [0.25, 0.3) is 0 Å². The molecule has 0 rings (SSSR count). The van der Waals surface area contributed by atoms with Crippen molar-refractivity contribution in [2.24, 2.45) is 0 Å². The van der Waals surface area contributed by atoms with Gasteiger partial charge in [0.15, 0.2) is 0 Å². The first-order valence-corrected chi connectivity index (χ1v) is 15.6. The van der Waals surface area contributed by atoms with Gasteiger partial charge in [0.2, 0.25) is 0 Å². The van der Waals surface area contributed by atoms with Crippen molar-refractivity contribution in [1.82, 2.24) is 4.90 Å². The minimum Gasteiger partial charge on any atom is -0.481 e. The van der Waals surface area contributed by atoms with Gasteiger partial charge in [-0.1, -0.05) is 0 Å². The molecule has 0 saturated heterocycles. The molecule has 44 heavy (non-hydrogen) atoms. The summed E-state index contributed by atoms with van der Waals surface area (Å²) < 4.78 is 62.7. The molecule has 15 heteroatoms. The number of rotatable bonds is 29. The van der Waals surface area contributed by atoms with Gasteiger partial charge in [-0.25, -0.2) is 0 Å². The average molecular weight is 644 g/mol. The van der Waals surface area contributed by atoms with E-state index in [9.17, 15) is 19.8 Å². The van der Waals surface area contributed by atoms with Gasteiger partial charge in [0.1, 0.15) is 6.04 Å². The third kappa shape index (κ3) is 9.51. The van der Waals surface area contributed by atoms with Gasteiger partial charge in [-0.2, -0.15) is 4.90 Å². The monoisotopic (exact) mass is 643 g/mol. The van der Waals surface area contributed by atoms with Gasteiger partial charge >= 0.3 is 35.7 Å². The Kier molecular flexibility index (Phi) is 20.6. The summed E-state index contributed by atoms with van der Waals surface area (Å²) >= 11 is 0. The van der Waals surface area contributed by atoms with Crippen LogP contribution >= 0.6 is 0 Å². The smallest absolute Gasteiger partial charge is 0.357 e. The van der Waals surface area contributed by atoms with Crippen molar-refractivity contribution in [2.45, 2.75) is 112 Å². The molecule has 0 aromatic heterocycles. The maximum atomic E-state index is 13.4. The Morgan fingerprint density at radius 3 is 0.932 bits per heavy atom. The highest BCUT2D eigenvalue weighted by atomic mass is 16.9. The third-order valence-corrected chi connectivity index (χ3v) is 6.00. The van der Waals surface area contributed by atoms with Crippen LogP contribution < -0.4 is 0 Å². The molecule has 262 valence electrons. The lowest BCUT2D eigenvalue weighted by molar-refractivity contribution is -0.600. The van der Waals surface area contributed by atoms with Crippen molar-refractivity contribution >= 4 is 11.9 Å². The van der Waals surface area contributed by atoms with E-state index in [1.54, 1.807) is 69.2 Å². The summed E-state index contributed by atoms with van der Waals surface area (Å²) in [5.74, 6) is -12.3. The number of aliphatic carboxylic acids is 2. The summed E-state index contributed by atoms with van der Waals surface area (Å²) in [5.41, 5.74) is 0. The minimum absolute atomic E-state index is 0.00754. The number of carboxylic acid groups (broad SMARTS) is 2. The van der Waals surface area contributed by atoms with Gasteiger partial charge in [-0.15, -0.1) is 0 Å². The first kappa shape index (κ1) is 42.5. The van der Waals surface area contributed by atoms with Crippen molar-refractivity contribution in [3.05, 3.63) is 0 Å². The number of hydrogen-bond acceptors (Lipinski definition) is 13. The van der Waals surface area contributed by atoms with E-state index in [4.69, 9.17) is 47.4 Å². The van der Waals surface area contributed by atoms with E-state index in [1.807, 2.05) is 0 Å². The molecule has 0 saturated carbocycles. The number of carbonyl (C=O) groups is 2. The molecule has 2 N–H and O–H groups in total. The average Bonchev–Trinajstić information content (AvgIpc) is 2.95. The van der Waals surface area contributed by atoms with E-state index in [0.717, 1.165) is 4.90 Å².